The third kappa shape index (κ3) is 3.29. The highest BCUT2D eigenvalue weighted by molar-refractivity contribution is 6.02. The van der Waals surface area contributed by atoms with E-state index in [0.29, 0.717) is 17.9 Å². The van der Waals surface area contributed by atoms with Crippen LogP contribution in [-0.4, -0.2) is 55.6 Å². The third-order valence-electron chi connectivity index (χ3n) is 4.59. The summed E-state index contributed by atoms with van der Waals surface area (Å²) >= 11 is 0. The minimum absolute atomic E-state index is 0.0409. The van der Waals surface area contributed by atoms with E-state index >= 15 is 0 Å². The molecule has 0 saturated carbocycles. The van der Waals surface area contributed by atoms with Crippen molar-refractivity contribution < 1.29 is 9.59 Å². The SMILES string of the molecule is C[C@@H]1CN(c2ccccc2)C(=O)CN1C(=O)c1ccnc(-n2cnnc2)c1. The zero-order valence-corrected chi connectivity index (χ0v) is 14.8. The first-order valence-corrected chi connectivity index (χ1v) is 8.61. The zero-order chi connectivity index (χ0) is 18.8. The van der Waals surface area contributed by atoms with Crippen LogP contribution in [0.2, 0.25) is 0 Å². The molecule has 1 fully saturated rings. The van der Waals surface area contributed by atoms with Crippen molar-refractivity contribution in [3.63, 3.8) is 0 Å². The van der Waals surface area contributed by atoms with E-state index in [0.717, 1.165) is 5.69 Å². The second-order valence-electron chi connectivity index (χ2n) is 6.39. The smallest absolute Gasteiger partial charge is 0.254 e. The van der Waals surface area contributed by atoms with Gasteiger partial charge in [0.1, 0.15) is 25.0 Å². The van der Waals surface area contributed by atoms with Crippen molar-refractivity contribution in [1.29, 1.82) is 0 Å². The fourth-order valence-electron chi connectivity index (χ4n) is 3.16. The Morgan fingerprint density at radius 3 is 2.59 bits per heavy atom. The fourth-order valence-corrected chi connectivity index (χ4v) is 3.16. The minimum atomic E-state index is -0.194. The lowest BCUT2D eigenvalue weighted by Crippen LogP contribution is -2.57. The van der Waals surface area contributed by atoms with Crippen LogP contribution in [0.4, 0.5) is 5.69 Å². The van der Waals surface area contributed by atoms with Gasteiger partial charge in [-0.25, -0.2) is 4.98 Å². The van der Waals surface area contributed by atoms with Crippen LogP contribution in [0.25, 0.3) is 5.82 Å². The molecule has 4 rings (SSSR count). The van der Waals surface area contributed by atoms with Crippen LogP contribution >= 0.6 is 0 Å². The number of piperazine rings is 1. The monoisotopic (exact) mass is 362 g/mol. The van der Waals surface area contributed by atoms with E-state index < -0.39 is 0 Å². The number of carbonyl (C=O) groups excluding carboxylic acids is 2. The normalized spacial score (nSPS) is 17.2. The molecule has 0 N–H and O–H groups in total. The highest BCUT2D eigenvalue weighted by atomic mass is 16.2. The molecule has 0 spiro atoms. The second kappa shape index (κ2) is 6.99. The van der Waals surface area contributed by atoms with E-state index in [9.17, 15) is 9.59 Å². The summed E-state index contributed by atoms with van der Waals surface area (Å²) in [4.78, 5) is 33.2. The molecule has 27 heavy (non-hydrogen) atoms. The average Bonchev–Trinajstić information content (AvgIpc) is 3.24. The number of anilines is 1. The molecule has 0 bridgehead atoms. The van der Waals surface area contributed by atoms with Crippen LogP contribution in [0.15, 0.2) is 61.3 Å². The molecule has 8 heteroatoms. The molecule has 3 aromatic rings. The maximum absolute atomic E-state index is 13.0. The number of benzene rings is 1. The first-order chi connectivity index (χ1) is 13.1. The Bertz CT molecular complexity index is 957. The number of para-hydroxylation sites is 1. The Balaban J connectivity index is 1.55. The van der Waals surface area contributed by atoms with Crippen LogP contribution < -0.4 is 4.90 Å². The van der Waals surface area contributed by atoms with Gasteiger partial charge in [-0.15, -0.1) is 10.2 Å². The molecule has 1 aliphatic heterocycles. The van der Waals surface area contributed by atoms with Crippen LogP contribution in [0, 0.1) is 0 Å². The number of amides is 2. The lowest BCUT2D eigenvalue weighted by atomic mass is 10.1. The number of aromatic nitrogens is 4. The Kier molecular flexibility index (Phi) is 4.37. The summed E-state index contributed by atoms with van der Waals surface area (Å²) in [5.41, 5.74) is 1.32. The van der Waals surface area contributed by atoms with Crippen molar-refractivity contribution in [2.45, 2.75) is 13.0 Å². The van der Waals surface area contributed by atoms with Crippen molar-refractivity contribution in [2.75, 3.05) is 18.0 Å². The molecule has 1 saturated heterocycles. The van der Waals surface area contributed by atoms with E-state index in [1.165, 1.54) is 12.7 Å². The van der Waals surface area contributed by atoms with E-state index in [1.54, 1.807) is 32.7 Å². The molecule has 0 unspecified atom stereocenters. The van der Waals surface area contributed by atoms with Crippen molar-refractivity contribution in [1.82, 2.24) is 24.6 Å². The van der Waals surface area contributed by atoms with Crippen molar-refractivity contribution in [3.8, 4) is 5.82 Å². The molecule has 0 aliphatic carbocycles. The van der Waals surface area contributed by atoms with Crippen molar-refractivity contribution in [3.05, 3.63) is 66.9 Å². The van der Waals surface area contributed by atoms with Gasteiger partial charge in [-0.05, 0) is 31.2 Å². The topological polar surface area (TPSA) is 84.2 Å². The molecule has 136 valence electrons. The molecule has 1 atom stereocenters. The van der Waals surface area contributed by atoms with Gasteiger partial charge in [0.15, 0.2) is 0 Å². The number of hydrogen-bond acceptors (Lipinski definition) is 5. The number of pyridine rings is 1. The highest BCUT2D eigenvalue weighted by Crippen LogP contribution is 2.21. The maximum Gasteiger partial charge on any atom is 0.254 e. The van der Waals surface area contributed by atoms with Gasteiger partial charge in [0, 0.05) is 30.0 Å². The summed E-state index contributed by atoms with van der Waals surface area (Å²) in [7, 11) is 0. The molecule has 0 radical (unpaired) electrons. The largest absolute Gasteiger partial charge is 0.325 e. The van der Waals surface area contributed by atoms with Gasteiger partial charge >= 0.3 is 0 Å². The van der Waals surface area contributed by atoms with Gasteiger partial charge in [0.05, 0.1) is 0 Å². The standard InChI is InChI=1S/C19H18N6O2/c1-14-10-25(16-5-3-2-4-6-16)18(26)11-24(14)19(27)15-7-8-20-17(9-15)23-12-21-22-13-23/h2-9,12-14H,10-11H2,1H3/t14-/m1/s1. The predicted octanol–water partition coefficient (Wildman–Crippen LogP) is 1.54. The summed E-state index contributed by atoms with van der Waals surface area (Å²) in [6.07, 6.45) is 4.60. The number of rotatable bonds is 3. The van der Waals surface area contributed by atoms with Crippen LogP contribution in [0.3, 0.4) is 0 Å². The zero-order valence-electron chi connectivity index (χ0n) is 14.8. The first kappa shape index (κ1) is 16.9. The summed E-state index contributed by atoms with van der Waals surface area (Å²) in [6.45, 7) is 2.44. The Morgan fingerprint density at radius 2 is 1.85 bits per heavy atom. The summed E-state index contributed by atoms with van der Waals surface area (Å²) in [5.74, 6) is 0.258. The van der Waals surface area contributed by atoms with Gasteiger partial charge in [0.25, 0.3) is 5.91 Å². The Hall–Kier alpha value is -3.55. The fraction of sp³-hybridized carbons (Fsp3) is 0.211. The highest BCUT2D eigenvalue weighted by Gasteiger charge is 2.33. The molecular weight excluding hydrogens is 344 g/mol. The Morgan fingerprint density at radius 1 is 1.11 bits per heavy atom. The van der Waals surface area contributed by atoms with Crippen LogP contribution in [0.1, 0.15) is 17.3 Å². The lowest BCUT2D eigenvalue weighted by Gasteiger charge is -2.39. The molecule has 2 amide bonds. The van der Waals surface area contributed by atoms with E-state index in [-0.39, 0.29) is 24.4 Å². The van der Waals surface area contributed by atoms with Crippen LogP contribution in [0.5, 0.6) is 0 Å². The molecule has 1 aromatic carbocycles. The van der Waals surface area contributed by atoms with Gasteiger partial charge < -0.3 is 9.80 Å². The molecule has 2 aromatic heterocycles. The molecular formula is C19H18N6O2. The number of carbonyl (C=O) groups is 2. The average molecular weight is 362 g/mol. The third-order valence-corrected chi connectivity index (χ3v) is 4.59. The second-order valence-corrected chi connectivity index (χ2v) is 6.39. The van der Waals surface area contributed by atoms with E-state index in [1.807, 2.05) is 37.3 Å². The van der Waals surface area contributed by atoms with Gasteiger partial charge in [-0.2, -0.15) is 0 Å². The minimum Gasteiger partial charge on any atom is -0.325 e. The molecule has 8 nitrogen and oxygen atoms in total. The first-order valence-electron chi connectivity index (χ1n) is 8.61. The predicted molar refractivity (Wildman–Crippen MR) is 98.4 cm³/mol. The number of nitrogens with zero attached hydrogens (tertiary/aromatic N) is 6. The van der Waals surface area contributed by atoms with E-state index in [4.69, 9.17) is 0 Å². The summed E-state index contributed by atoms with van der Waals surface area (Å²) in [5, 5.41) is 7.50. The summed E-state index contributed by atoms with van der Waals surface area (Å²) < 4.78 is 1.62. The van der Waals surface area contributed by atoms with Gasteiger partial charge in [-0.3, -0.25) is 14.2 Å². The Labute approximate surface area is 156 Å². The quantitative estimate of drug-likeness (QED) is 0.706. The maximum atomic E-state index is 13.0. The lowest BCUT2D eigenvalue weighted by molar-refractivity contribution is -0.121. The van der Waals surface area contributed by atoms with Gasteiger partial charge in [0.2, 0.25) is 5.91 Å². The van der Waals surface area contributed by atoms with Crippen LogP contribution in [-0.2, 0) is 4.79 Å². The van der Waals surface area contributed by atoms with E-state index in [2.05, 4.69) is 15.2 Å². The number of hydrogen-bond donors (Lipinski definition) is 0. The molecule has 1 aliphatic rings. The van der Waals surface area contributed by atoms with Crippen molar-refractivity contribution >= 4 is 17.5 Å². The van der Waals surface area contributed by atoms with Crippen molar-refractivity contribution in [2.24, 2.45) is 0 Å². The summed E-state index contributed by atoms with van der Waals surface area (Å²) in [6, 6.07) is 12.7. The van der Waals surface area contributed by atoms with Gasteiger partial charge in [-0.1, -0.05) is 18.2 Å². The molecule has 3 heterocycles.